The van der Waals surface area contributed by atoms with Gasteiger partial charge in [0.1, 0.15) is 11.5 Å². The Kier molecular flexibility index (Phi) is 3.76. The van der Waals surface area contributed by atoms with Crippen molar-refractivity contribution >= 4 is 27.3 Å². The minimum absolute atomic E-state index is 0.0560. The number of hydrogen-bond acceptors (Lipinski definition) is 2. The standard InChI is InChI=1S/C13H6BrF3N2/c14-8-3-11(16)13(12(17)4-8)19-10-2-7(6-18)1-9(15)5-10/h1-5,19H. The smallest absolute Gasteiger partial charge is 0.150 e. The summed E-state index contributed by atoms with van der Waals surface area (Å²) in [5.74, 6) is -2.32. The Morgan fingerprint density at radius 1 is 1.00 bits per heavy atom. The molecule has 0 fully saturated rings. The highest BCUT2D eigenvalue weighted by molar-refractivity contribution is 9.10. The molecule has 0 aliphatic carbocycles. The molecule has 2 aromatic rings. The van der Waals surface area contributed by atoms with Crippen LogP contribution in [0.2, 0.25) is 0 Å². The van der Waals surface area contributed by atoms with Crippen LogP contribution in [0.1, 0.15) is 5.56 Å². The number of halogens is 4. The Labute approximate surface area is 115 Å². The van der Waals surface area contributed by atoms with E-state index >= 15 is 0 Å². The second kappa shape index (κ2) is 5.33. The Morgan fingerprint density at radius 3 is 2.21 bits per heavy atom. The normalized spacial score (nSPS) is 10.1. The van der Waals surface area contributed by atoms with Crippen LogP contribution in [0, 0.1) is 28.8 Å². The molecule has 0 aliphatic rings. The highest BCUT2D eigenvalue weighted by Gasteiger charge is 2.11. The molecule has 0 radical (unpaired) electrons. The van der Waals surface area contributed by atoms with Crippen molar-refractivity contribution in [2.24, 2.45) is 0 Å². The second-order valence-electron chi connectivity index (χ2n) is 3.71. The van der Waals surface area contributed by atoms with Gasteiger partial charge in [-0.3, -0.25) is 0 Å². The maximum Gasteiger partial charge on any atom is 0.150 e. The van der Waals surface area contributed by atoms with Crippen molar-refractivity contribution in [2.75, 3.05) is 5.32 Å². The average Bonchev–Trinajstić information content (AvgIpc) is 2.33. The van der Waals surface area contributed by atoms with Crippen LogP contribution in [0.3, 0.4) is 0 Å². The topological polar surface area (TPSA) is 35.8 Å². The van der Waals surface area contributed by atoms with Gasteiger partial charge in [0.25, 0.3) is 0 Å². The molecule has 0 amide bonds. The summed E-state index contributed by atoms with van der Waals surface area (Å²) in [4.78, 5) is 0. The second-order valence-corrected chi connectivity index (χ2v) is 4.63. The summed E-state index contributed by atoms with van der Waals surface area (Å²) < 4.78 is 40.6. The fraction of sp³-hybridized carbons (Fsp3) is 0. The predicted molar refractivity (Wildman–Crippen MR) is 68.5 cm³/mol. The lowest BCUT2D eigenvalue weighted by Gasteiger charge is -2.09. The van der Waals surface area contributed by atoms with Gasteiger partial charge >= 0.3 is 0 Å². The fourth-order valence-corrected chi connectivity index (χ4v) is 1.93. The number of anilines is 2. The molecule has 2 rings (SSSR count). The van der Waals surface area contributed by atoms with Gasteiger partial charge in [-0.15, -0.1) is 0 Å². The lowest BCUT2D eigenvalue weighted by Crippen LogP contribution is -1.98. The van der Waals surface area contributed by atoms with Gasteiger partial charge < -0.3 is 5.32 Å². The molecule has 19 heavy (non-hydrogen) atoms. The third-order valence-corrected chi connectivity index (χ3v) is 2.76. The highest BCUT2D eigenvalue weighted by atomic mass is 79.9. The van der Waals surface area contributed by atoms with E-state index < -0.39 is 23.1 Å². The Morgan fingerprint density at radius 2 is 1.63 bits per heavy atom. The van der Waals surface area contributed by atoms with Crippen LogP contribution < -0.4 is 5.32 Å². The average molecular weight is 327 g/mol. The zero-order valence-electron chi connectivity index (χ0n) is 9.35. The van der Waals surface area contributed by atoms with E-state index in [1.165, 1.54) is 6.07 Å². The summed E-state index contributed by atoms with van der Waals surface area (Å²) in [6.45, 7) is 0. The summed E-state index contributed by atoms with van der Waals surface area (Å²) in [6.07, 6.45) is 0. The van der Waals surface area contributed by atoms with Crippen molar-refractivity contribution in [3.05, 3.63) is 57.8 Å². The van der Waals surface area contributed by atoms with E-state index in [1.54, 1.807) is 6.07 Å². The van der Waals surface area contributed by atoms with Gasteiger partial charge in [-0.05, 0) is 30.3 Å². The van der Waals surface area contributed by atoms with Crippen molar-refractivity contribution in [2.45, 2.75) is 0 Å². The molecule has 0 heterocycles. The Hall–Kier alpha value is -2.00. The van der Waals surface area contributed by atoms with Crippen LogP contribution in [0.5, 0.6) is 0 Å². The number of nitrogens with one attached hydrogen (secondary N) is 1. The van der Waals surface area contributed by atoms with Crippen molar-refractivity contribution in [1.82, 2.24) is 0 Å². The molecule has 0 bridgehead atoms. The summed E-state index contributed by atoms with van der Waals surface area (Å²) in [5, 5.41) is 11.1. The van der Waals surface area contributed by atoms with Gasteiger partial charge in [0.15, 0.2) is 11.6 Å². The van der Waals surface area contributed by atoms with Crippen LogP contribution in [-0.2, 0) is 0 Å². The van der Waals surface area contributed by atoms with E-state index in [1.807, 2.05) is 0 Å². The molecular weight excluding hydrogens is 321 g/mol. The van der Waals surface area contributed by atoms with Gasteiger partial charge in [0.2, 0.25) is 0 Å². The van der Waals surface area contributed by atoms with E-state index in [-0.39, 0.29) is 15.7 Å². The van der Waals surface area contributed by atoms with Gasteiger partial charge in [-0.1, -0.05) is 15.9 Å². The van der Waals surface area contributed by atoms with Crippen LogP contribution in [-0.4, -0.2) is 0 Å². The number of nitriles is 1. The molecule has 1 N–H and O–H groups in total. The first kappa shape index (κ1) is 13.4. The van der Waals surface area contributed by atoms with E-state index in [9.17, 15) is 13.2 Å². The van der Waals surface area contributed by atoms with E-state index in [2.05, 4.69) is 21.2 Å². The zero-order valence-corrected chi connectivity index (χ0v) is 10.9. The van der Waals surface area contributed by atoms with Crippen LogP contribution in [0.4, 0.5) is 24.5 Å². The first-order valence-corrected chi connectivity index (χ1v) is 5.91. The van der Waals surface area contributed by atoms with E-state index in [4.69, 9.17) is 5.26 Å². The molecule has 2 aromatic carbocycles. The van der Waals surface area contributed by atoms with Gasteiger partial charge in [-0.25, -0.2) is 13.2 Å². The van der Waals surface area contributed by atoms with Crippen molar-refractivity contribution in [3.8, 4) is 6.07 Å². The fourth-order valence-electron chi connectivity index (χ4n) is 1.53. The molecule has 0 atom stereocenters. The number of nitrogens with zero attached hydrogens (tertiary/aromatic N) is 1. The van der Waals surface area contributed by atoms with Crippen LogP contribution >= 0.6 is 15.9 Å². The molecule has 0 spiro atoms. The van der Waals surface area contributed by atoms with Gasteiger partial charge in [0, 0.05) is 10.2 Å². The highest BCUT2D eigenvalue weighted by Crippen LogP contribution is 2.27. The molecule has 0 unspecified atom stereocenters. The molecular formula is C13H6BrF3N2. The number of hydrogen-bond donors (Lipinski definition) is 1. The first-order valence-electron chi connectivity index (χ1n) is 5.12. The summed E-state index contributed by atoms with van der Waals surface area (Å²) in [6, 6.07) is 7.28. The van der Waals surface area contributed by atoms with E-state index in [0.717, 1.165) is 24.3 Å². The monoisotopic (exact) mass is 326 g/mol. The third kappa shape index (κ3) is 3.06. The predicted octanol–water partition coefficient (Wildman–Crippen LogP) is 4.48. The van der Waals surface area contributed by atoms with Crippen molar-refractivity contribution in [3.63, 3.8) is 0 Å². The zero-order chi connectivity index (χ0) is 14.0. The SMILES string of the molecule is N#Cc1cc(F)cc(Nc2c(F)cc(Br)cc2F)c1. The Bertz CT molecular complexity index is 657. The summed E-state index contributed by atoms with van der Waals surface area (Å²) in [7, 11) is 0. The molecule has 96 valence electrons. The maximum absolute atomic E-state index is 13.6. The van der Waals surface area contributed by atoms with Crippen molar-refractivity contribution < 1.29 is 13.2 Å². The number of benzene rings is 2. The largest absolute Gasteiger partial charge is 0.351 e. The molecule has 0 saturated heterocycles. The van der Waals surface area contributed by atoms with Crippen LogP contribution in [0.15, 0.2) is 34.8 Å². The Balaban J connectivity index is 2.42. The first-order chi connectivity index (χ1) is 8.99. The minimum Gasteiger partial charge on any atom is -0.351 e. The molecule has 0 saturated carbocycles. The quantitative estimate of drug-likeness (QED) is 0.883. The maximum atomic E-state index is 13.6. The molecule has 6 heteroatoms. The lowest BCUT2D eigenvalue weighted by molar-refractivity contribution is 0.589. The van der Waals surface area contributed by atoms with Crippen LogP contribution in [0.25, 0.3) is 0 Å². The number of rotatable bonds is 2. The summed E-state index contributed by atoms with van der Waals surface area (Å²) in [5.41, 5.74) is -0.255. The molecule has 0 aliphatic heterocycles. The lowest BCUT2D eigenvalue weighted by atomic mass is 10.2. The summed E-state index contributed by atoms with van der Waals surface area (Å²) >= 11 is 2.96. The van der Waals surface area contributed by atoms with E-state index in [0.29, 0.717) is 0 Å². The van der Waals surface area contributed by atoms with Crippen molar-refractivity contribution in [1.29, 1.82) is 5.26 Å². The molecule has 0 aromatic heterocycles. The van der Waals surface area contributed by atoms with Gasteiger partial charge in [-0.2, -0.15) is 5.26 Å². The van der Waals surface area contributed by atoms with Gasteiger partial charge in [0.05, 0.1) is 11.6 Å². The third-order valence-electron chi connectivity index (χ3n) is 2.30. The minimum atomic E-state index is -0.824. The molecule has 2 nitrogen and oxygen atoms in total.